The fraction of sp³-hybridized carbons (Fsp3) is 0.333. The Hall–Kier alpha value is 0.450. The number of rotatable bonds is 3. The Kier molecular flexibility index (Phi) is 6.21. The van der Waals surface area contributed by atoms with Crippen LogP contribution in [0, 0.1) is 0 Å². The van der Waals surface area contributed by atoms with E-state index in [0.717, 1.165) is 12.0 Å². The average Bonchev–Trinajstić information content (AvgIpc) is 2.34. The van der Waals surface area contributed by atoms with Crippen LogP contribution in [0.15, 0.2) is 11.4 Å². The monoisotopic (exact) mass is 216 g/mol. The van der Waals surface area contributed by atoms with Crippen LogP contribution in [0.4, 0.5) is 0 Å². The Morgan fingerprint density at radius 1 is 1.58 bits per heavy atom. The fourth-order valence-corrected chi connectivity index (χ4v) is 2.06. The van der Waals surface area contributed by atoms with E-state index in [1.54, 1.807) is 0 Å². The molecule has 1 heterocycles. The van der Waals surface area contributed by atoms with Crippen molar-refractivity contribution in [1.82, 2.24) is 0 Å². The van der Waals surface area contributed by atoms with Crippen molar-refractivity contribution in [2.45, 2.75) is 13.3 Å². The van der Waals surface area contributed by atoms with Gasteiger partial charge < -0.3 is 4.18 Å². The molecule has 0 radical (unpaired) electrons. The number of thiol groups is 1. The van der Waals surface area contributed by atoms with Gasteiger partial charge in [0.05, 0.1) is 0 Å². The molecule has 1 aromatic heterocycles. The molecule has 0 atom stereocenters. The van der Waals surface area contributed by atoms with Crippen molar-refractivity contribution in [2.24, 2.45) is 0 Å². The van der Waals surface area contributed by atoms with Gasteiger partial charge in [0.1, 0.15) is 0 Å². The van der Waals surface area contributed by atoms with E-state index in [-0.39, 0.29) is 29.6 Å². The molecule has 0 saturated carbocycles. The van der Waals surface area contributed by atoms with Gasteiger partial charge in [-0.2, -0.15) is 8.42 Å². The second-order valence-corrected chi connectivity index (χ2v) is 3.41. The quantitative estimate of drug-likeness (QED) is 0.593. The van der Waals surface area contributed by atoms with E-state index in [2.05, 4.69) is 4.18 Å². The molecule has 0 aromatic carbocycles. The topological polar surface area (TPSA) is 43.4 Å². The Morgan fingerprint density at radius 2 is 2.25 bits per heavy atom. The summed E-state index contributed by atoms with van der Waals surface area (Å²) in [5.74, 6) is 0. The van der Waals surface area contributed by atoms with E-state index in [0.29, 0.717) is 5.06 Å². The first kappa shape index (κ1) is 12.4. The van der Waals surface area contributed by atoms with E-state index >= 15 is 0 Å². The summed E-state index contributed by atoms with van der Waals surface area (Å²) >= 11 is 1.30. The molecule has 12 heavy (non-hydrogen) atoms. The van der Waals surface area contributed by atoms with Crippen molar-refractivity contribution in [3.8, 4) is 5.06 Å². The van der Waals surface area contributed by atoms with Gasteiger partial charge in [0.2, 0.25) is 0 Å². The second-order valence-electron chi connectivity index (χ2n) is 1.90. The molecular formula is C6H9NaO3S2. The Bertz CT molecular complexity index is 297. The van der Waals surface area contributed by atoms with Crippen LogP contribution < -0.4 is 4.18 Å². The summed E-state index contributed by atoms with van der Waals surface area (Å²) in [6.07, 6.45) is 0.794. The minimum atomic E-state index is -2.76. The third kappa shape index (κ3) is 3.45. The predicted molar refractivity (Wildman–Crippen MR) is 51.8 cm³/mol. The van der Waals surface area contributed by atoms with E-state index in [4.69, 9.17) is 0 Å². The molecule has 0 fully saturated rings. The first-order valence-corrected chi connectivity index (χ1v) is 5.10. The molecule has 6 heteroatoms. The Labute approximate surface area is 99.2 Å². The van der Waals surface area contributed by atoms with Crippen LogP contribution in [-0.4, -0.2) is 38.0 Å². The number of hydrogen-bond donors (Lipinski definition) is 1. The van der Waals surface area contributed by atoms with Crippen LogP contribution in [0.3, 0.4) is 0 Å². The summed E-state index contributed by atoms with van der Waals surface area (Å²) in [5, 5.41) is 2.30. The van der Waals surface area contributed by atoms with E-state index in [1.807, 2.05) is 18.4 Å². The molecule has 1 rings (SSSR count). The van der Waals surface area contributed by atoms with E-state index < -0.39 is 11.0 Å². The third-order valence-electron chi connectivity index (χ3n) is 1.24. The maximum atomic E-state index is 10.2. The first-order chi connectivity index (χ1) is 5.24. The zero-order chi connectivity index (χ0) is 8.27. The van der Waals surface area contributed by atoms with Crippen molar-refractivity contribution in [3.63, 3.8) is 0 Å². The third-order valence-corrected chi connectivity index (χ3v) is 2.53. The van der Waals surface area contributed by atoms with Gasteiger partial charge in [-0.05, 0) is 17.9 Å². The zero-order valence-corrected chi connectivity index (χ0v) is 7.65. The second kappa shape index (κ2) is 5.99. The van der Waals surface area contributed by atoms with Crippen LogP contribution in [0.1, 0.15) is 12.5 Å². The van der Waals surface area contributed by atoms with Crippen molar-refractivity contribution >= 4 is 51.9 Å². The molecule has 0 aliphatic carbocycles. The molecule has 0 amide bonds. The summed E-state index contributed by atoms with van der Waals surface area (Å²) in [4.78, 5) is 0. The normalized spacial score (nSPS) is 9.50. The van der Waals surface area contributed by atoms with Crippen LogP contribution >= 0.6 is 11.3 Å². The number of hydrogen-bond acceptors (Lipinski definition) is 4. The van der Waals surface area contributed by atoms with Crippen molar-refractivity contribution in [2.75, 3.05) is 0 Å². The van der Waals surface area contributed by atoms with E-state index in [9.17, 15) is 8.42 Å². The number of thiophene rings is 1. The molecule has 0 unspecified atom stereocenters. The zero-order valence-electron chi connectivity index (χ0n) is 5.94. The van der Waals surface area contributed by atoms with Crippen LogP contribution in [0.2, 0.25) is 0 Å². The molecule has 3 nitrogen and oxygen atoms in total. The molecule has 1 aromatic rings. The van der Waals surface area contributed by atoms with Crippen molar-refractivity contribution < 1.29 is 12.6 Å². The number of aryl methyl sites for hydroxylation is 1. The maximum absolute atomic E-state index is 10.2. The Balaban J connectivity index is 0.00000121. The van der Waals surface area contributed by atoms with Gasteiger partial charge in [0.15, 0.2) is 5.06 Å². The fourth-order valence-electron chi connectivity index (χ4n) is 0.732. The molecule has 0 spiro atoms. The molecule has 0 aliphatic heterocycles. The minimum absolute atomic E-state index is 0. The van der Waals surface area contributed by atoms with Crippen LogP contribution in [0.25, 0.3) is 0 Å². The average molecular weight is 216 g/mol. The van der Waals surface area contributed by atoms with Gasteiger partial charge >= 0.3 is 29.6 Å². The van der Waals surface area contributed by atoms with Crippen molar-refractivity contribution in [1.29, 1.82) is 0 Å². The summed E-state index contributed by atoms with van der Waals surface area (Å²) in [5.41, 5.74) is 0.939. The van der Waals surface area contributed by atoms with Gasteiger partial charge in [-0.1, -0.05) is 6.92 Å². The molecule has 0 saturated heterocycles. The van der Waals surface area contributed by atoms with Crippen LogP contribution in [0.5, 0.6) is 5.06 Å². The van der Waals surface area contributed by atoms with Gasteiger partial charge in [-0.3, -0.25) is 0 Å². The summed E-state index contributed by atoms with van der Waals surface area (Å²) in [7, 11) is -2.76. The summed E-state index contributed by atoms with van der Waals surface area (Å²) < 4.78 is 24.9. The predicted octanol–water partition coefficient (Wildman–Crippen LogP) is 0.567. The van der Waals surface area contributed by atoms with E-state index in [1.165, 1.54) is 11.3 Å². The van der Waals surface area contributed by atoms with Gasteiger partial charge in [-0.15, -0.1) is 11.3 Å². The molecule has 0 N–H and O–H groups in total. The first-order valence-electron chi connectivity index (χ1n) is 3.12. The summed E-state index contributed by atoms with van der Waals surface area (Å²) in [6, 6.07) is 1.86. The SMILES string of the molecule is CCc1ccsc1O[SH](=O)=O.[NaH]. The molecule has 64 valence electrons. The van der Waals surface area contributed by atoms with Gasteiger partial charge in [0, 0.05) is 5.56 Å². The Morgan fingerprint density at radius 3 is 2.75 bits per heavy atom. The van der Waals surface area contributed by atoms with Gasteiger partial charge in [-0.25, -0.2) is 0 Å². The molecule has 0 aliphatic rings. The molecule has 0 bridgehead atoms. The van der Waals surface area contributed by atoms with Crippen LogP contribution in [-0.2, 0) is 17.4 Å². The standard InChI is InChI=1S/C6H8O3S2.Na.H/c1-2-5-3-4-10-6(5)9-11(7)8;;/h3-4,11H,2H2,1H3;;. The summed E-state index contributed by atoms with van der Waals surface area (Å²) in [6.45, 7) is 1.95. The van der Waals surface area contributed by atoms with Crippen molar-refractivity contribution in [3.05, 3.63) is 17.0 Å². The molecular weight excluding hydrogens is 207 g/mol. The van der Waals surface area contributed by atoms with Gasteiger partial charge in [0.25, 0.3) is 11.0 Å².